The lowest BCUT2D eigenvalue weighted by molar-refractivity contribution is -0.140. The number of anilines is 1. The zero-order valence-corrected chi connectivity index (χ0v) is 17.2. The molecule has 1 aromatic heterocycles. The summed E-state index contributed by atoms with van der Waals surface area (Å²) < 4.78 is 7.42. The van der Waals surface area contributed by atoms with Crippen molar-refractivity contribution >= 4 is 24.0 Å². The molecule has 3 heterocycles. The lowest BCUT2D eigenvalue weighted by atomic mass is 9.74. The number of fused-ring (bicyclic) bond motifs is 2. The van der Waals surface area contributed by atoms with E-state index < -0.39 is 11.5 Å². The van der Waals surface area contributed by atoms with Crippen LogP contribution in [0, 0.1) is 0 Å². The molecular formula is C21H26N4O5. The highest BCUT2D eigenvalue weighted by Crippen LogP contribution is 2.54. The molecule has 0 bridgehead atoms. The van der Waals surface area contributed by atoms with Crippen LogP contribution in [-0.2, 0) is 31.6 Å². The molecule has 2 atom stereocenters. The summed E-state index contributed by atoms with van der Waals surface area (Å²) in [5, 5.41) is 9.89. The largest absolute Gasteiger partial charge is 0.483 e. The van der Waals surface area contributed by atoms with E-state index in [1.54, 1.807) is 11.1 Å². The van der Waals surface area contributed by atoms with Crippen LogP contribution in [0.5, 0.6) is 0 Å². The number of hydrogen-bond donors (Lipinski definition) is 2. The Labute approximate surface area is 174 Å². The molecule has 1 fully saturated rings. The summed E-state index contributed by atoms with van der Waals surface area (Å²) in [6, 6.07) is 7.25. The van der Waals surface area contributed by atoms with Gasteiger partial charge >= 0.3 is 0 Å². The Morgan fingerprint density at radius 2 is 2.13 bits per heavy atom. The quantitative estimate of drug-likeness (QED) is 0.737. The fourth-order valence-electron chi connectivity index (χ4n) is 4.28. The maximum Gasteiger partial charge on any atom is 0.290 e. The predicted octanol–water partition coefficient (Wildman–Crippen LogP) is 1.71. The summed E-state index contributed by atoms with van der Waals surface area (Å²) in [6.45, 7) is 4.03. The van der Waals surface area contributed by atoms with Crippen LogP contribution in [-0.4, -0.2) is 57.1 Å². The summed E-state index contributed by atoms with van der Waals surface area (Å²) in [6.07, 6.45) is 4.06. The van der Waals surface area contributed by atoms with E-state index in [0.717, 1.165) is 11.3 Å². The molecule has 2 N–H and O–H groups in total. The normalized spacial score (nSPS) is 21.9. The van der Waals surface area contributed by atoms with Gasteiger partial charge in [0, 0.05) is 31.7 Å². The Morgan fingerprint density at radius 3 is 2.77 bits per heavy atom. The molecule has 1 aromatic carbocycles. The van der Waals surface area contributed by atoms with Crippen molar-refractivity contribution in [1.29, 1.82) is 0 Å². The number of carboxylic acid groups (broad SMARTS) is 1. The molecule has 0 aliphatic carbocycles. The number of aryl methyl sites for hydroxylation is 1. The van der Waals surface area contributed by atoms with Crippen molar-refractivity contribution in [2.45, 2.75) is 37.8 Å². The van der Waals surface area contributed by atoms with Gasteiger partial charge in [-0.1, -0.05) is 18.2 Å². The molecule has 1 spiro atoms. The second-order valence-electron chi connectivity index (χ2n) is 7.57. The van der Waals surface area contributed by atoms with E-state index in [1.807, 2.05) is 55.9 Å². The van der Waals surface area contributed by atoms with Gasteiger partial charge in [-0.25, -0.2) is 4.98 Å². The third-order valence-electron chi connectivity index (χ3n) is 5.55. The number of ether oxygens (including phenoxy) is 1. The van der Waals surface area contributed by atoms with E-state index in [1.165, 1.54) is 0 Å². The third-order valence-corrected chi connectivity index (χ3v) is 5.55. The fourth-order valence-corrected chi connectivity index (χ4v) is 4.28. The number of carbonyl (C=O) groups is 3. The van der Waals surface area contributed by atoms with Crippen LogP contribution in [0.25, 0.3) is 0 Å². The average molecular weight is 414 g/mol. The molecule has 2 amide bonds. The number of carbonyl (C=O) groups excluding carboxylic acids is 2. The average Bonchev–Trinajstić information content (AvgIpc) is 3.38. The number of para-hydroxylation sites is 1. The molecule has 4 rings (SSSR count). The number of nitrogens with zero attached hydrogens (tertiary/aromatic N) is 3. The van der Waals surface area contributed by atoms with Crippen molar-refractivity contribution < 1.29 is 24.2 Å². The minimum absolute atomic E-state index is 0.00205. The monoisotopic (exact) mass is 414 g/mol. The molecular weight excluding hydrogens is 388 g/mol. The summed E-state index contributed by atoms with van der Waals surface area (Å²) in [5.74, 6) is 0.514. The summed E-state index contributed by atoms with van der Waals surface area (Å²) >= 11 is 0. The minimum atomic E-state index is -0.830. The third kappa shape index (κ3) is 3.56. The van der Waals surface area contributed by atoms with E-state index in [9.17, 15) is 9.59 Å². The van der Waals surface area contributed by atoms with E-state index in [-0.39, 0.29) is 31.0 Å². The first-order valence-electron chi connectivity index (χ1n) is 9.74. The molecule has 0 unspecified atom stereocenters. The van der Waals surface area contributed by atoms with Crippen molar-refractivity contribution in [3.05, 3.63) is 48.0 Å². The number of hydrogen-bond acceptors (Lipinski definition) is 5. The Hall–Kier alpha value is -3.20. The van der Waals surface area contributed by atoms with Gasteiger partial charge in [0.1, 0.15) is 23.9 Å². The van der Waals surface area contributed by atoms with Gasteiger partial charge in [0.25, 0.3) is 6.47 Å². The Morgan fingerprint density at radius 1 is 1.43 bits per heavy atom. The Balaban J connectivity index is 0.000000806. The van der Waals surface area contributed by atoms with Crippen LogP contribution in [0.2, 0.25) is 0 Å². The van der Waals surface area contributed by atoms with Crippen molar-refractivity contribution in [1.82, 2.24) is 14.5 Å². The van der Waals surface area contributed by atoms with Gasteiger partial charge < -0.3 is 24.6 Å². The maximum absolute atomic E-state index is 13.2. The number of rotatable bonds is 4. The van der Waals surface area contributed by atoms with E-state index >= 15 is 0 Å². The van der Waals surface area contributed by atoms with Gasteiger partial charge in [0.2, 0.25) is 11.8 Å². The van der Waals surface area contributed by atoms with E-state index in [2.05, 4.69) is 10.3 Å². The van der Waals surface area contributed by atoms with E-state index in [4.69, 9.17) is 14.6 Å². The second-order valence-corrected chi connectivity index (χ2v) is 7.57. The van der Waals surface area contributed by atoms with Crippen LogP contribution in [0.4, 0.5) is 5.69 Å². The van der Waals surface area contributed by atoms with Crippen molar-refractivity contribution in [3.63, 3.8) is 0 Å². The van der Waals surface area contributed by atoms with Gasteiger partial charge in [-0.05, 0) is 31.9 Å². The number of nitrogens with one attached hydrogen (secondary N) is 1. The number of aromatic nitrogens is 2. The van der Waals surface area contributed by atoms with Gasteiger partial charge in [-0.15, -0.1) is 0 Å². The van der Waals surface area contributed by atoms with Crippen LogP contribution in [0.3, 0.4) is 0 Å². The molecule has 2 aliphatic heterocycles. The van der Waals surface area contributed by atoms with Gasteiger partial charge in [0.15, 0.2) is 0 Å². The molecule has 2 aromatic rings. The first-order chi connectivity index (χ1) is 14.4. The highest BCUT2D eigenvalue weighted by atomic mass is 16.5. The van der Waals surface area contributed by atoms with Crippen LogP contribution in [0.1, 0.15) is 37.7 Å². The number of likely N-dealkylation sites (tertiary alicyclic amines) is 1. The van der Waals surface area contributed by atoms with Crippen LogP contribution in [0.15, 0.2) is 36.7 Å². The zero-order chi connectivity index (χ0) is 21.9. The number of imidazole rings is 1. The minimum Gasteiger partial charge on any atom is -0.483 e. The van der Waals surface area contributed by atoms with E-state index in [0.29, 0.717) is 18.8 Å². The molecule has 1 saturated heterocycles. The standard InChI is InChI=1S/C20H24N4O3.CH2O2/c1-13(2)27-12-16(25)24-10-8-20(17(24)18-21-9-11-23(18)3)14-6-4-5-7-15(14)22-19(20)26;2-1-3/h4-7,9,11,13,17H,8,10,12H2,1-3H3,(H,22,26);1H,(H,2,3)/t17-,20+;/m0./s1. The first-order valence-corrected chi connectivity index (χ1v) is 9.74. The highest BCUT2D eigenvalue weighted by Gasteiger charge is 2.60. The zero-order valence-electron chi connectivity index (χ0n) is 17.2. The topological polar surface area (TPSA) is 114 Å². The Bertz CT molecular complexity index is 941. The second kappa shape index (κ2) is 8.66. The molecule has 160 valence electrons. The van der Waals surface area contributed by atoms with Crippen molar-refractivity contribution in [2.75, 3.05) is 18.5 Å². The van der Waals surface area contributed by atoms with Crippen molar-refractivity contribution in [3.8, 4) is 0 Å². The predicted molar refractivity (Wildman–Crippen MR) is 109 cm³/mol. The molecule has 30 heavy (non-hydrogen) atoms. The molecule has 0 radical (unpaired) electrons. The highest BCUT2D eigenvalue weighted by molar-refractivity contribution is 6.07. The lowest BCUT2D eigenvalue weighted by Gasteiger charge is -2.33. The van der Waals surface area contributed by atoms with Crippen LogP contribution >= 0.6 is 0 Å². The maximum atomic E-state index is 13.2. The molecule has 2 aliphatic rings. The van der Waals surface area contributed by atoms with Crippen molar-refractivity contribution in [2.24, 2.45) is 7.05 Å². The number of amides is 2. The molecule has 0 saturated carbocycles. The smallest absolute Gasteiger partial charge is 0.290 e. The van der Waals surface area contributed by atoms with Gasteiger partial charge in [-0.2, -0.15) is 0 Å². The SMILES string of the molecule is CC(C)OCC(=O)N1CC[C@]2(C(=O)Nc3ccccc32)[C@@H]1c1nccn1C.O=CO. The number of benzene rings is 1. The van der Waals surface area contributed by atoms with Gasteiger partial charge in [-0.3, -0.25) is 14.4 Å². The first kappa shape index (κ1) is 21.5. The molecule has 9 nitrogen and oxygen atoms in total. The lowest BCUT2D eigenvalue weighted by Crippen LogP contribution is -2.44. The summed E-state index contributed by atoms with van der Waals surface area (Å²) in [5.41, 5.74) is 0.918. The fraction of sp³-hybridized carbons (Fsp3) is 0.429. The summed E-state index contributed by atoms with van der Waals surface area (Å²) in [7, 11) is 1.89. The summed E-state index contributed by atoms with van der Waals surface area (Å²) in [4.78, 5) is 40.8. The van der Waals surface area contributed by atoms with Gasteiger partial charge in [0.05, 0.1) is 6.10 Å². The van der Waals surface area contributed by atoms with Crippen LogP contribution < -0.4 is 5.32 Å². The Kier molecular flexibility index (Phi) is 6.21. The molecule has 9 heteroatoms.